The molecule has 2 amide bonds. The summed E-state index contributed by atoms with van der Waals surface area (Å²) < 4.78 is 2.69. The van der Waals surface area contributed by atoms with Crippen molar-refractivity contribution in [2.45, 2.75) is 32.5 Å². The zero-order valence-corrected chi connectivity index (χ0v) is 15.9. The highest BCUT2D eigenvalue weighted by Crippen LogP contribution is 2.24. The van der Waals surface area contributed by atoms with Crippen molar-refractivity contribution in [3.63, 3.8) is 0 Å². The average Bonchev–Trinajstić information content (AvgIpc) is 3.03. The summed E-state index contributed by atoms with van der Waals surface area (Å²) in [6.07, 6.45) is 4.15. The zero-order chi connectivity index (χ0) is 18.0. The first-order chi connectivity index (χ1) is 12.0. The van der Waals surface area contributed by atoms with Crippen molar-refractivity contribution in [3.05, 3.63) is 52.3 Å². The number of benzene rings is 1. The van der Waals surface area contributed by atoms with Gasteiger partial charge in [-0.15, -0.1) is 0 Å². The summed E-state index contributed by atoms with van der Waals surface area (Å²) in [4.78, 5) is 28.4. The standard InChI is InChI=1S/C18H21BrN4O2/c1-13(24)23-11-15-6-4-3-5-14(15)9-17(23)18(25)21(2)7-8-22-12-16(19)10-20-22/h3-6,10,12,17H,7-9,11H2,1-2H3. The van der Waals surface area contributed by atoms with Gasteiger partial charge in [-0.2, -0.15) is 5.10 Å². The minimum absolute atomic E-state index is 0.0316. The number of hydrogen-bond donors (Lipinski definition) is 0. The van der Waals surface area contributed by atoms with Crippen molar-refractivity contribution in [2.24, 2.45) is 0 Å². The molecule has 132 valence electrons. The summed E-state index contributed by atoms with van der Waals surface area (Å²) in [5.41, 5.74) is 2.26. The van der Waals surface area contributed by atoms with E-state index in [2.05, 4.69) is 21.0 Å². The summed E-state index contributed by atoms with van der Waals surface area (Å²) in [7, 11) is 1.78. The Balaban J connectivity index is 1.71. The molecule has 0 saturated carbocycles. The van der Waals surface area contributed by atoms with Gasteiger partial charge < -0.3 is 9.80 Å². The Kier molecular flexibility index (Phi) is 5.22. The SMILES string of the molecule is CC(=O)N1Cc2ccccc2CC1C(=O)N(C)CCn1cc(Br)cn1. The van der Waals surface area contributed by atoms with Gasteiger partial charge in [0.2, 0.25) is 11.8 Å². The number of likely N-dealkylation sites (N-methyl/N-ethyl adjacent to an activating group) is 1. The van der Waals surface area contributed by atoms with Crippen molar-refractivity contribution < 1.29 is 9.59 Å². The Hall–Kier alpha value is -2.15. The number of halogens is 1. The van der Waals surface area contributed by atoms with E-state index in [1.165, 1.54) is 6.92 Å². The molecule has 1 aromatic heterocycles. The molecule has 2 heterocycles. The van der Waals surface area contributed by atoms with Crippen molar-refractivity contribution in [3.8, 4) is 0 Å². The van der Waals surface area contributed by atoms with E-state index in [0.717, 1.165) is 15.6 Å². The van der Waals surface area contributed by atoms with E-state index < -0.39 is 6.04 Å². The number of carbonyl (C=O) groups is 2. The predicted octanol–water partition coefficient (Wildman–Crippen LogP) is 2.08. The summed E-state index contributed by atoms with van der Waals surface area (Å²) in [6, 6.07) is 7.55. The fourth-order valence-corrected chi connectivity index (χ4v) is 3.48. The molecule has 0 fully saturated rings. The molecule has 0 N–H and O–H groups in total. The molecule has 0 radical (unpaired) electrons. The smallest absolute Gasteiger partial charge is 0.245 e. The summed E-state index contributed by atoms with van der Waals surface area (Å²) in [5.74, 6) is -0.104. The van der Waals surface area contributed by atoms with Crippen LogP contribution in [0.3, 0.4) is 0 Å². The molecular weight excluding hydrogens is 384 g/mol. The summed E-state index contributed by atoms with van der Waals surface area (Å²) >= 11 is 3.36. The highest BCUT2D eigenvalue weighted by atomic mass is 79.9. The Morgan fingerprint density at radius 3 is 2.68 bits per heavy atom. The van der Waals surface area contributed by atoms with Gasteiger partial charge >= 0.3 is 0 Å². The van der Waals surface area contributed by atoms with Gasteiger partial charge in [0.25, 0.3) is 0 Å². The second-order valence-corrected chi connectivity index (χ2v) is 7.23. The third-order valence-electron chi connectivity index (χ3n) is 4.58. The van der Waals surface area contributed by atoms with E-state index in [1.54, 1.807) is 27.7 Å². The second kappa shape index (κ2) is 7.39. The molecule has 25 heavy (non-hydrogen) atoms. The number of carbonyl (C=O) groups excluding carboxylic acids is 2. The lowest BCUT2D eigenvalue weighted by molar-refractivity contribution is -0.145. The van der Waals surface area contributed by atoms with Crippen molar-refractivity contribution in [1.82, 2.24) is 19.6 Å². The fourth-order valence-electron chi connectivity index (χ4n) is 3.15. The Morgan fingerprint density at radius 2 is 2.04 bits per heavy atom. The molecular formula is C18H21BrN4O2. The van der Waals surface area contributed by atoms with Crippen LogP contribution in [0.25, 0.3) is 0 Å². The lowest BCUT2D eigenvalue weighted by Gasteiger charge is -2.37. The zero-order valence-electron chi connectivity index (χ0n) is 14.4. The molecule has 1 unspecified atom stereocenters. The molecule has 2 aromatic rings. The average molecular weight is 405 g/mol. The molecule has 0 aliphatic carbocycles. The Bertz CT molecular complexity index is 789. The molecule has 0 spiro atoms. The summed E-state index contributed by atoms with van der Waals surface area (Å²) in [5, 5.41) is 4.20. The first-order valence-corrected chi connectivity index (χ1v) is 9.02. The number of nitrogens with zero attached hydrogens (tertiary/aromatic N) is 4. The van der Waals surface area contributed by atoms with E-state index in [4.69, 9.17) is 0 Å². The molecule has 0 saturated heterocycles. The topological polar surface area (TPSA) is 58.4 Å². The van der Waals surface area contributed by atoms with Crippen LogP contribution in [0.2, 0.25) is 0 Å². The third-order valence-corrected chi connectivity index (χ3v) is 4.99. The summed E-state index contributed by atoms with van der Waals surface area (Å²) in [6.45, 7) is 3.16. The maximum absolute atomic E-state index is 12.9. The third kappa shape index (κ3) is 3.92. The van der Waals surface area contributed by atoms with Crippen LogP contribution >= 0.6 is 15.9 Å². The highest BCUT2D eigenvalue weighted by molar-refractivity contribution is 9.10. The molecule has 7 heteroatoms. The number of aromatic nitrogens is 2. The first-order valence-electron chi connectivity index (χ1n) is 8.22. The quantitative estimate of drug-likeness (QED) is 0.783. The second-order valence-electron chi connectivity index (χ2n) is 6.32. The van der Waals surface area contributed by atoms with E-state index in [1.807, 2.05) is 30.5 Å². The number of hydrogen-bond acceptors (Lipinski definition) is 3. The molecule has 6 nitrogen and oxygen atoms in total. The van der Waals surface area contributed by atoms with Crippen LogP contribution in [-0.4, -0.2) is 51.0 Å². The van der Waals surface area contributed by atoms with E-state index in [0.29, 0.717) is 26.1 Å². The maximum atomic E-state index is 12.9. The number of amides is 2. The van der Waals surface area contributed by atoms with Gasteiger partial charge in [-0.05, 0) is 27.1 Å². The van der Waals surface area contributed by atoms with Gasteiger partial charge in [0, 0.05) is 39.7 Å². The normalized spacial score (nSPS) is 16.4. The number of rotatable bonds is 4. The molecule has 0 bridgehead atoms. The lowest BCUT2D eigenvalue weighted by atomic mass is 9.93. The Labute approximate surface area is 155 Å². The molecule has 1 aliphatic heterocycles. The monoisotopic (exact) mass is 404 g/mol. The maximum Gasteiger partial charge on any atom is 0.245 e. The van der Waals surface area contributed by atoms with Gasteiger partial charge in [-0.1, -0.05) is 24.3 Å². The van der Waals surface area contributed by atoms with Crippen molar-refractivity contribution >= 4 is 27.7 Å². The van der Waals surface area contributed by atoms with Crippen molar-refractivity contribution in [2.75, 3.05) is 13.6 Å². The van der Waals surface area contributed by atoms with Gasteiger partial charge in [0.1, 0.15) is 6.04 Å². The van der Waals surface area contributed by atoms with E-state index in [9.17, 15) is 9.59 Å². The van der Waals surface area contributed by atoms with Crippen molar-refractivity contribution in [1.29, 1.82) is 0 Å². The highest BCUT2D eigenvalue weighted by Gasteiger charge is 2.34. The first kappa shape index (κ1) is 17.7. The van der Waals surface area contributed by atoms with Crippen LogP contribution in [0.5, 0.6) is 0 Å². The predicted molar refractivity (Wildman–Crippen MR) is 97.7 cm³/mol. The Morgan fingerprint density at radius 1 is 1.32 bits per heavy atom. The lowest BCUT2D eigenvalue weighted by Crippen LogP contribution is -2.52. The van der Waals surface area contributed by atoms with Crippen LogP contribution in [0, 0.1) is 0 Å². The minimum Gasteiger partial charge on any atom is -0.342 e. The van der Waals surface area contributed by atoms with Gasteiger partial charge in [-0.3, -0.25) is 14.3 Å². The molecule has 1 aliphatic rings. The molecule has 1 aromatic carbocycles. The van der Waals surface area contributed by atoms with E-state index >= 15 is 0 Å². The van der Waals surface area contributed by atoms with Gasteiger partial charge in [0.05, 0.1) is 17.2 Å². The largest absolute Gasteiger partial charge is 0.342 e. The van der Waals surface area contributed by atoms with Crippen LogP contribution in [0.15, 0.2) is 41.1 Å². The van der Waals surface area contributed by atoms with Crippen LogP contribution in [0.1, 0.15) is 18.1 Å². The minimum atomic E-state index is -0.443. The van der Waals surface area contributed by atoms with Gasteiger partial charge in [-0.25, -0.2) is 0 Å². The molecule has 1 atom stereocenters. The van der Waals surface area contributed by atoms with Crippen LogP contribution < -0.4 is 0 Å². The fraction of sp³-hybridized carbons (Fsp3) is 0.389. The van der Waals surface area contributed by atoms with Crippen LogP contribution in [0.4, 0.5) is 0 Å². The van der Waals surface area contributed by atoms with E-state index in [-0.39, 0.29) is 11.8 Å². The van der Waals surface area contributed by atoms with Gasteiger partial charge in [0.15, 0.2) is 0 Å². The van der Waals surface area contributed by atoms with Crippen LogP contribution in [-0.2, 0) is 29.1 Å². The molecule has 3 rings (SSSR count). The number of fused-ring (bicyclic) bond motifs is 1.